The van der Waals surface area contributed by atoms with Crippen LogP contribution in [0.15, 0.2) is 48.9 Å². The second kappa shape index (κ2) is 9.87. The molecule has 1 N–H and O–H groups in total. The Kier molecular flexibility index (Phi) is 6.34. The molecule has 2 aliphatic heterocycles. The average Bonchev–Trinajstić information content (AvgIpc) is 3.33. The minimum absolute atomic E-state index is 0.0901. The van der Waals surface area contributed by atoms with Crippen molar-refractivity contribution in [1.29, 1.82) is 0 Å². The molecule has 0 amide bonds. The van der Waals surface area contributed by atoms with E-state index < -0.39 is 4.92 Å². The van der Waals surface area contributed by atoms with Crippen molar-refractivity contribution in [3.05, 3.63) is 70.3 Å². The first-order chi connectivity index (χ1) is 16.7. The largest absolute Gasteiger partial charge is 0.454 e. The molecule has 0 bridgehead atoms. The number of nitrogens with one attached hydrogen (secondary N) is 1. The fourth-order valence-corrected chi connectivity index (χ4v) is 4.17. The summed E-state index contributed by atoms with van der Waals surface area (Å²) in [6.45, 7) is 4.31. The Bertz CT molecular complexity index is 1150. The molecule has 34 heavy (non-hydrogen) atoms. The van der Waals surface area contributed by atoms with Crippen molar-refractivity contribution in [2.45, 2.75) is 13.0 Å². The summed E-state index contributed by atoms with van der Waals surface area (Å²) in [6.07, 6.45) is 3.74. The van der Waals surface area contributed by atoms with Gasteiger partial charge in [0.2, 0.25) is 18.4 Å². The van der Waals surface area contributed by atoms with Gasteiger partial charge in [-0.3, -0.25) is 20.0 Å². The summed E-state index contributed by atoms with van der Waals surface area (Å²) in [7, 11) is 0. The van der Waals surface area contributed by atoms with E-state index in [1.807, 2.05) is 41.3 Å². The molecule has 2 aliphatic rings. The zero-order valence-electron chi connectivity index (χ0n) is 18.6. The first-order valence-electron chi connectivity index (χ1n) is 11.2. The molecule has 176 valence electrons. The highest BCUT2D eigenvalue weighted by molar-refractivity contribution is 5.70. The minimum Gasteiger partial charge on any atom is -0.454 e. The number of fused-ring (bicyclic) bond motifs is 1. The summed E-state index contributed by atoms with van der Waals surface area (Å²) >= 11 is 0. The van der Waals surface area contributed by atoms with Crippen LogP contribution in [-0.4, -0.2) is 64.3 Å². The number of pyridine rings is 1. The van der Waals surface area contributed by atoms with Crippen molar-refractivity contribution in [3.8, 4) is 11.5 Å². The standard InChI is InChI=1S/C23H25N7O4/c31-30(32)21-22(25-8-6-18-3-1-2-7-24-18)26-15-27-23(21)29-11-9-28(10-12-29)14-17-4-5-19-20(13-17)34-16-33-19/h1-5,7,13,15H,6,8-12,14,16H2,(H,25,26,27). The van der Waals surface area contributed by atoms with Gasteiger partial charge < -0.3 is 19.7 Å². The number of rotatable bonds is 8. The van der Waals surface area contributed by atoms with Crippen LogP contribution in [-0.2, 0) is 13.0 Å². The van der Waals surface area contributed by atoms with Gasteiger partial charge in [0.15, 0.2) is 11.5 Å². The van der Waals surface area contributed by atoms with Gasteiger partial charge >= 0.3 is 5.69 Å². The number of aromatic nitrogens is 3. The molecule has 0 aliphatic carbocycles. The van der Waals surface area contributed by atoms with Gasteiger partial charge in [-0.1, -0.05) is 12.1 Å². The Hall–Kier alpha value is -3.99. The molecule has 11 heteroatoms. The summed E-state index contributed by atoms with van der Waals surface area (Å²) in [4.78, 5) is 28.5. The molecule has 0 saturated carbocycles. The fourth-order valence-electron chi connectivity index (χ4n) is 4.17. The molecular weight excluding hydrogens is 438 g/mol. The van der Waals surface area contributed by atoms with Gasteiger partial charge in [0.25, 0.3) is 0 Å². The number of nitrogens with zero attached hydrogens (tertiary/aromatic N) is 6. The van der Waals surface area contributed by atoms with Crippen LogP contribution < -0.4 is 19.7 Å². The molecule has 3 aromatic rings. The molecular formula is C23H25N7O4. The highest BCUT2D eigenvalue weighted by Gasteiger charge is 2.29. The smallest absolute Gasteiger partial charge is 0.353 e. The molecule has 1 aromatic carbocycles. The molecule has 5 rings (SSSR count). The lowest BCUT2D eigenvalue weighted by Gasteiger charge is -2.35. The minimum atomic E-state index is -0.405. The second-order valence-electron chi connectivity index (χ2n) is 8.10. The van der Waals surface area contributed by atoms with E-state index in [0.717, 1.165) is 42.4 Å². The van der Waals surface area contributed by atoms with Crippen molar-refractivity contribution in [2.75, 3.05) is 49.7 Å². The van der Waals surface area contributed by atoms with Crippen molar-refractivity contribution >= 4 is 17.3 Å². The second-order valence-corrected chi connectivity index (χ2v) is 8.10. The van der Waals surface area contributed by atoms with Gasteiger partial charge in [0.05, 0.1) is 4.92 Å². The lowest BCUT2D eigenvalue weighted by molar-refractivity contribution is -0.383. The number of hydrogen-bond donors (Lipinski definition) is 1. The van der Waals surface area contributed by atoms with Crippen molar-refractivity contribution in [1.82, 2.24) is 19.9 Å². The number of benzene rings is 1. The molecule has 0 atom stereocenters. The van der Waals surface area contributed by atoms with Crippen LogP contribution in [0.4, 0.5) is 17.3 Å². The number of ether oxygens (including phenoxy) is 2. The molecule has 0 spiro atoms. The lowest BCUT2D eigenvalue weighted by atomic mass is 10.1. The number of piperazine rings is 1. The maximum absolute atomic E-state index is 11.9. The summed E-state index contributed by atoms with van der Waals surface area (Å²) < 4.78 is 10.8. The van der Waals surface area contributed by atoms with Crippen molar-refractivity contribution in [2.24, 2.45) is 0 Å². The molecule has 0 unspecified atom stereocenters. The average molecular weight is 463 g/mol. The van der Waals surface area contributed by atoms with Gasteiger partial charge in [-0.2, -0.15) is 0 Å². The van der Waals surface area contributed by atoms with E-state index in [0.29, 0.717) is 31.9 Å². The van der Waals surface area contributed by atoms with Crippen molar-refractivity contribution < 1.29 is 14.4 Å². The Morgan fingerprint density at radius 2 is 1.88 bits per heavy atom. The van der Waals surface area contributed by atoms with Crippen LogP contribution in [0.2, 0.25) is 0 Å². The van der Waals surface area contributed by atoms with E-state index in [9.17, 15) is 10.1 Å². The van der Waals surface area contributed by atoms with Gasteiger partial charge in [0, 0.05) is 57.6 Å². The van der Waals surface area contributed by atoms with Crippen LogP contribution >= 0.6 is 0 Å². The SMILES string of the molecule is O=[N+]([O-])c1c(NCCc2ccccn2)ncnc1N1CCN(Cc2ccc3c(c2)OCO3)CC1. The molecule has 2 aromatic heterocycles. The van der Waals surface area contributed by atoms with Gasteiger partial charge in [-0.05, 0) is 29.8 Å². The normalized spacial score (nSPS) is 15.4. The highest BCUT2D eigenvalue weighted by atomic mass is 16.7. The van der Waals surface area contributed by atoms with E-state index in [1.165, 1.54) is 6.33 Å². The number of anilines is 2. The Balaban J connectivity index is 1.22. The fraction of sp³-hybridized carbons (Fsp3) is 0.348. The summed E-state index contributed by atoms with van der Waals surface area (Å²) in [5, 5.41) is 15.0. The third kappa shape index (κ3) is 4.84. The molecule has 1 saturated heterocycles. The Morgan fingerprint density at radius 1 is 1.03 bits per heavy atom. The summed E-state index contributed by atoms with van der Waals surface area (Å²) in [5.74, 6) is 2.13. The maximum Gasteiger partial charge on any atom is 0.353 e. The Labute approximate surface area is 196 Å². The predicted molar refractivity (Wildman–Crippen MR) is 125 cm³/mol. The van der Waals surface area contributed by atoms with Gasteiger partial charge in [0.1, 0.15) is 6.33 Å². The van der Waals surface area contributed by atoms with Gasteiger partial charge in [-0.15, -0.1) is 0 Å². The molecule has 0 radical (unpaired) electrons. The zero-order valence-corrected chi connectivity index (χ0v) is 18.6. The topological polar surface area (TPSA) is 119 Å². The van der Waals surface area contributed by atoms with Crippen LogP contribution in [0.25, 0.3) is 0 Å². The van der Waals surface area contributed by atoms with E-state index in [2.05, 4.69) is 25.2 Å². The van der Waals surface area contributed by atoms with Crippen LogP contribution in [0.1, 0.15) is 11.3 Å². The third-order valence-electron chi connectivity index (χ3n) is 5.90. The Morgan fingerprint density at radius 3 is 2.68 bits per heavy atom. The van der Waals surface area contributed by atoms with E-state index >= 15 is 0 Å². The molecule has 4 heterocycles. The quantitative estimate of drug-likeness (QED) is 0.394. The summed E-state index contributed by atoms with van der Waals surface area (Å²) in [5.41, 5.74) is 1.96. The number of nitro groups is 1. The monoisotopic (exact) mass is 463 g/mol. The summed E-state index contributed by atoms with van der Waals surface area (Å²) in [6, 6.07) is 11.7. The lowest BCUT2D eigenvalue weighted by Crippen LogP contribution is -2.46. The van der Waals surface area contributed by atoms with Crippen LogP contribution in [0.5, 0.6) is 11.5 Å². The third-order valence-corrected chi connectivity index (χ3v) is 5.90. The molecule has 11 nitrogen and oxygen atoms in total. The molecule has 1 fully saturated rings. The number of hydrogen-bond acceptors (Lipinski definition) is 10. The van der Waals surface area contributed by atoms with Crippen LogP contribution in [0, 0.1) is 10.1 Å². The zero-order chi connectivity index (χ0) is 23.3. The van der Waals surface area contributed by atoms with Crippen LogP contribution in [0.3, 0.4) is 0 Å². The van der Waals surface area contributed by atoms with E-state index in [1.54, 1.807) is 6.20 Å². The van der Waals surface area contributed by atoms with Crippen molar-refractivity contribution in [3.63, 3.8) is 0 Å². The van der Waals surface area contributed by atoms with E-state index in [4.69, 9.17) is 9.47 Å². The highest BCUT2D eigenvalue weighted by Crippen LogP contribution is 2.34. The van der Waals surface area contributed by atoms with E-state index in [-0.39, 0.29) is 18.3 Å². The maximum atomic E-state index is 11.9. The predicted octanol–water partition coefficient (Wildman–Crippen LogP) is 2.49. The van der Waals surface area contributed by atoms with Gasteiger partial charge in [-0.25, -0.2) is 9.97 Å². The first kappa shape index (κ1) is 21.8. The first-order valence-corrected chi connectivity index (χ1v) is 11.2.